The Balaban J connectivity index is 1.89. The Morgan fingerprint density at radius 3 is 2.69 bits per heavy atom. The van der Waals surface area contributed by atoms with E-state index in [4.69, 9.17) is 4.52 Å². The van der Waals surface area contributed by atoms with Crippen LogP contribution in [0.5, 0.6) is 0 Å². The van der Waals surface area contributed by atoms with Gasteiger partial charge in [-0.25, -0.2) is 0 Å². The lowest BCUT2D eigenvalue weighted by Gasteiger charge is -2.24. The molecule has 0 radical (unpaired) electrons. The molecule has 13 heavy (non-hydrogen) atoms. The highest BCUT2D eigenvalue weighted by atomic mass is 16.5. The molecule has 4 nitrogen and oxygen atoms in total. The molecule has 0 amide bonds. The van der Waals surface area contributed by atoms with Gasteiger partial charge in [0.1, 0.15) is 0 Å². The molecule has 0 aliphatic carbocycles. The monoisotopic (exact) mass is 181 g/mol. The highest BCUT2D eigenvalue weighted by Gasteiger charge is 2.13. The van der Waals surface area contributed by atoms with E-state index in [-0.39, 0.29) is 0 Å². The second-order valence-corrected chi connectivity index (χ2v) is 3.57. The number of hydrogen-bond acceptors (Lipinski definition) is 4. The van der Waals surface area contributed by atoms with Gasteiger partial charge in [0.25, 0.3) is 0 Å². The predicted molar refractivity (Wildman–Crippen MR) is 48.2 cm³/mol. The minimum Gasteiger partial charge on any atom is -0.338 e. The summed E-state index contributed by atoms with van der Waals surface area (Å²) in [6.07, 6.45) is 3.96. The second kappa shape index (κ2) is 3.87. The summed E-state index contributed by atoms with van der Waals surface area (Å²) in [5.41, 5.74) is 0. The fraction of sp³-hybridized carbons (Fsp3) is 0.778. The summed E-state index contributed by atoms with van der Waals surface area (Å²) in [7, 11) is 0. The van der Waals surface area contributed by atoms with E-state index in [1.54, 1.807) is 0 Å². The van der Waals surface area contributed by atoms with Gasteiger partial charge in [-0.2, -0.15) is 4.98 Å². The summed E-state index contributed by atoms with van der Waals surface area (Å²) in [6.45, 7) is 5.01. The van der Waals surface area contributed by atoms with Crippen molar-refractivity contribution in [2.24, 2.45) is 0 Å². The van der Waals surface area contributed by atoms with Crippen molar-refractivity contribution in [3.8, 4) is 0 Å². The Morgan fingerprint density at radius 1 is 1.31 bits per heavy atom. The van der Waals surface area contributed by atoms with Gasteiger partial charge < -0.3 is 4.52 Å². The molecule has 72 valence electrons. The van der Waals surface area contributed by atoms with Crippen LogP contribution in [0.4, 0.5) is 0 Å². The van der Waals surface area contributed by atoms with Gasteiger partial charge in [0.15, 0.2) is 5.82 Å². The van der Waals surface area contributed by atoms with Crippen LogP contribution in [0.2, 0.25) is 0 Å². The predicted octanol–water partition coefficient (Wildman–Crippen LogP) is 1.36. The topological polar surface area (TPSA) is 42.2 Å². The largest absolute Gasteiger partial charge is 0.338 e. The van der Waals surface area contributed by atoms with E-state index in [1.807, 2.05) is 6.92 Å². The highest BCUT2D eigenvalue weighted by Crippen LogP contribution is 2.11. The van der Waals surface area contributed by atoms with E-state index in [0.29, 0.717) is 0 Å². The maximum Gasteiger partial charge on any atom is 0.240 e. The zero-order chi connectivity index (χ0) is 9.10. The molecule has 1 aliphatic heterocycles. The summed E-state index contributed by atoms with van der Waals surface area (Å²) in [6, 6.07) is 0. The molecule has 0 bridgehead atoms. The molecule has 0 atom stereocenters. The highest BCUT2D eigenvalue weighted by molar-refractivity contribution is 4.83. The average Bonchev–Trinajstić information content (AvgIpc) is 2.53. The number of likely N-dealkylation sites (tertiary alicyclic amines) is 1. The van der Waals surface area contributed by atoms with Gasteiger partial charge in [-0.1, -0.05) is 11.6 Å². The summed E-state index contributed by atoms with van der Waals surface area (Å²) in [4.78, 5) is 6.56. The molecule has 2 rings (SSSR count). The minimum atomic E-state index is 0.729. The Morgan fingerprint density at radius 2 is 2.08 bits per heavy atom. The van der Waals surface area contributed by atoms with E-state index in [2.05, 4.69) is 15.0 Å². The first-order valence-corrected chi connectivity index (χ1v) is 4.86. The number of aromatic nitrogens is 2. The molecule has 0 unspecified atom stereocenters. The first-order chi connectivity index (χ1) is 6.34. The Kier molecular flexibility index (Phi) is 2.59. The normalized spacial score (nSPS) is 19.2. The molecule has 4 heteroatoms. The number of hydrogen-bond donors (Lipinski definition) is 0. The number of rotatable bonds is 2. The minimum absolute atomic E-state index is 0.729. The van der Waals surface area contributed by atoms with Crippen molar-refractivity contribution in [2.45, 2.75) is 32.7 Å². The maximum absolute atomic E-state index is 5.06. The molecule has 1 aromatic heterocycles. The van der Waals surface area contributed by atoms with Crippen molar-refractivity contribution in [2.75, 3.05) is 13.1 Å². The van der Waals surface area contributed by atoms with Crippen LogP contribution in [-0.4, -0.2) is 28.1 Å². The van der Waals surface area contributed by atoms with Crippen LogP contribution in [0, 0.1) is 6.92 Å². The fourth-order valence-corrected chi connectivity index (χ4v) is 1.71. The zero-order valence-electron chi connectivity index (χ0n) is 7.99. The van der Waals surface area contributed by atoms with Crippen molar-refractivity contribution < 1.29 is 4.52 Å². The molecular weight excluding hydrogens is 166 g/mol. The van der Waals surface area contributed by atoms with Crippen LogP contribution >= 0.6 is 0 Å². The lowest BCUT2D eigenvalue weighted by molar-refractivity contribution is 0.193. The molecule has 0 aromatic carbocycles. The van der Waals surface area contributed by atoms with Crippen LogP contribution in [0.3, 0.4) is 0 Å². The number of piperidine rings is 1. The standard InChI is InChI=1S/C9H15N3O/c1-8-10-9(13-11-8)7-12-5-3-2-4-6-12/h2-7H2,1H3. The summed E-state index contributed by atoms with van der Waals surface area (Å²) < 4.78 is 5.06. The Labute approximate surface area is 77.9 Å². The van der Waals surface area contributed by atoms with Crippen LogP contribution < -0.4 is 0 Å². The molecule has 1 aliphatic rings. The van der Waals surface area contributed by atoms with Crippen molar-refractivity contribution in [3.05, 3.63) is 11.7 Å². The third kappa shape index (κ3) is 2.28. The summed E-state index contributed by atoms with van der Waals surface area (Å²) in [5.74, 6) is 1.48. The lowest BCUT2D eigenvalue weighted by Crippen LogP contribution is -2.29. The van der Waals surface area contributed by atoms with E-state index in [1.165, 1.54) is 32.4 Å². The molecule has 0 saturated carbocycles. The van der Waals surface area contributed by atoms with Crippen molar-refractivity contribution >= 4 is 0 Å². The van der Waals surface area contributed by atoms with Crippen molar-refractivity contribution in [1.82, 2.24) is 15.0 Å². The van der Waals surface area contributed by atoms with Gasteiger partial charge in [0.2, 0.25) is 5.89 Å². The molecular formula is C9H15N3O. The summed E-state index contributed by atoms with van der Waals surface area (Å²) >= 11 is 0. The number of nitrogens with zero attached hydrogens (tertiary/aromatic N) is 3. The van der Waals surface area contributed by atoms with Gasteiger partial charge >= 0.3 is 0 Å². The maximum atomic E-state index is 5.06. The summed E-state index contributed by atoms with van der Waals surface area (Å²) in [5, 5.41) is 3.77. The van der Waals surface area contributed by atoms with Gasteiger partial charge in [-0.15, -0.1) is 0 Å². The van der Waals surface area contributed by atoms with E-state index in [0.717, 1.165) is 18.3 Å². The first kappa shape index (κ1) is 8.69. The van der Waals surface area contributed by atoms with Gasteiger partial charge in [0, 0.05) is 0 Å². The molecule has 2 heterocycles. The van der Waals surface area contributed by atoms with Crippen LogP contribution in [-0.2, 0) is 6.54 Å². The van der Waals surface area contributed by atoms with E-state index in [9.17, 15) is 0 Å². The van der Waals surface area contributed by atoms with Crippen LogP contribution in [0.1, 0.15) is 31.0 Å². The third-order valence-corrected chi connectivity index (χ3v) is 2.38. The first-order valence-electron chi connectivity index (χ1n) is 4.86. The second-order valence-electron chi connectivity index (χ2n) is 3.57. The average molecular weight is 181 g/mol. The SMILES string of the molecule is Cc1noc(CN2CCCCC2)n1. The Hall–Kier alpha value is -0.900. The quantitative estimate of drug-likeness (QED) is 0.691. The van der Waals surface area contributed by atoms with Crippen molar-refractivity contribution in [1.29, 1.82) is 0 Å². The van der Waals surface area contributed by atoms with Crippen molar-refractivity contribution in [3.63, 3.8) is 0 Å². The van der Waals surface area contributed by atoms with E-state index >= 15 is 0 Å². The van der Waals surface area contributed by atoms with Crippen LogP contribution in [0.25, 0.3) is 0 Å². The van der Waals surface area contributed by atoms with Crippen LogP contribution in [0.15, 0.2) is 4.52 Å². The van der Waals surface area contributed by atoms with Gasteiger partial charge in [-0.05, 0) is 32.9 Å². The third-order valence-electron chi connectivity index (χ3n) is 2.38. The fourth-order valence-electron chi connectivity index (χ4n) is 1.71. The molecule has 1 saturated heterocycles. The van der Waals surface area contributed by atoms with Gasteiger partial charge in [0.05, 0.1) is 6.54 Å². The smallest absolute Gasteiger partial charge is 0.240 e. The lowest BCUT2D eigenvalue weighted by atomic mass is 10.1. The van der Waals surface area contributed by atoms with E-state index < -0.39 is 0 Å². The zero-order valence-corrected chi connectivity index (χ0v) is 7.99. The molecule has 0 spiro atoms. The van der Waals surface area contributed by atoms with Gasteiger partial charge in [-0.3, -0.25) is 4.90 Å². The molecule has 0 N–H and O–H groups in total. The molecule has 1 aromatic rings. The Bertz CT molecular complexity index is 266. The molecule has 1 fully saturated rings. The number of aryl methyl sites for hydroxylation is 1.